The van der Waals surface area contributed by atoms with Crippen LogP contribution in [0.1, 0.15) is 37.0 Å². The van der Waals surface area contributed by atoms with Gasteiger partial charge in [-0.25, -0.2) is 4.39 Å². The molecule has 2 amide bonds. The van der Waals surface area contributed by atoms with Gasteiger partial charge in [-0.1, -0.05) is 6.92 Å². The molecule has 0 bridgehead atoms. The molecule has 0 radical (unpaired) electrons. The van der Waals surface area contributed by atoms with Crippen LogP contribution in [0, 0.1) is 5.82 Å². The summed E-state index contributed by atoms with van der Waals surface area (Å²) in [4.78, 5) is 23.1. The van der Waals surface area contributed by atoms with E-state index >= 15 is 0 Å². The van der Waals surface area contributed by atoms with Crippen molar-refractivity contribution in [2.45, 2.75) is 32.7 Å². The van der Waals surface area contributed by atoms with Crippen LogP contribution in [-0.4, -0.2) is 24.4 Å². The number of nitrogens with one attached hydrogen (secondary N) is 2. The summed E-state index contributed by atoms with van der Waals surface area (Å²) in [7, 11) is 0. The molecular formula is C14H19FN2O2. The molecule has 0 fully saturated rings. The monoisotopic (exact) mass is 266 g/mol. The standard InChI is InChI=1S/C14H19FN2O2/c1-3-10(2)17-13(18)8-9-16-14(19)11-4-6-12(15)7-5-11/h4-7,10H,3,8-9H2,1-2H3,(H,16,19)(H,17,18)/t10-/m1/s1. The zero-order chi connectivity index (χ0) is 14.3. The predicted octanol–water partition coefficient (Wildman–Crippen LogP) is 1.86. The van der Waals surface area contributed by atoms with Crippen LogP contribution in [0.4, 0.5) is 4.39 Å². The Hall–Kier alpha value is -1.91. The summed E-state index contributed by atoms with van der Waals surface area (Å²) < 4.78 is 12.7. The molecule has 0 spiro atoms. The molecule has 0 unspecified atom stereocenters. The minimum absolute atomic E-state index is 0.0891. The molecule has 0 aliphatic rings. The normalized spacial score (nSPS) is 11.7. The van der Waals surface area contributed by atoms with Gasteiger partial charge in [0, 0.05) is 24.6 Å². The highest BCUT2D eigenvalue weighted by Crippen LogP contribution is 2.02. The van der Waals surface area contributed by atoms with E-state index in [2.05, 4.69) is 10.6 Å². The first-order valence-corrected chi connectivity index (χ1v) is 6.36. The highest BCUT2D eigenvalue weighted by molar-refractivity contribution is 5.94. The van der Waals surface area contributed by atoms with Gasteiger partial charge in [-0.15, -0.1) is 0 Å². The molecule has 1 rings (SSSR count). The maximum atomic E-state index is 12.7. The van der Waals surface area contributed by atoms with E-state index in [1.165, 1.54) is 24.3 Å². The van der Waals surface area contributed by atoms with Crippen molar-refractivity contribution < 1.29 is 14.0 Å². The van der Waals surface area contributed by atoms with Crippen LogP contribution < -0.4 is 10.6 Å². The Morgan fingerprint density at radius 2 is 1.89 bits per heavy atom. The molecule has 1 atom stereocenters. The third-order valence-electron chi connectivity index (χ3n) is 2.76. The fraction of sp³-hybridized carbons (Fsp3) is 0.429. The van der Waals surface area contributed by atoms with Crippen molar-refractivity contribution in [1.82, 2.24) is 10.6 Å². The Labute approximate surface area is 112 Å². The maximum Gasteiger partial charge on any atom is 0.251 e. The molecule has 2 N–H and O–H groups in total. The lowest BCUT2D eigenvalue weighted by molar-refractivity contribution is -0.121. The first-order chi connectivity index (χ1) is 9.02. The van der Waals surface area contributed by atoms with Crippen molar-refractivity contribution >= 4 is 11.8 Å². The second kappa shape index (κ2) is 7.51. The van der Waals surface area contributed by atoms with Gasteiger partial charge in [0.05, 0.1) is 0 Å². The van der Waals surface area contributed by atoms with Gasteiger partial charge in [0.1, 0.15) is 5.82 Å². The Bertz CT molecular complexity index is 432. The Kier molecular flexibility index (Phi) is 5.99. The van der Waals surface area contributed by atoms with Gasteiger partial charge in [-0.3, -0.25) is 9.59 Å². The van der Waals surface area contributed by atoms with Gasteiger partial charge in [0.25, 0.3) is 5.91 Å². The second-order valence-corrected chi connectivity index (χ2v) is 4.39. The smallest absolute Gasteiger partial charge is 0.251 e. The average Bonchev–Trinajstić information content (AvgIpc) is 2.39. The van der Waals surface area contributed by atoms with Crippen LogP contribution in [0.2, 0.25) is 0 Å². The minimum atomic E-state index is -0.385. The van der Waals surface area contributed by atoms with Gasteiger partial charge in [0.2, 0.25) is 5.91 Å². The third-order valence-corrected chi connectivity index (χ3v) is 2.76. The van der Waals surface area contributed by atoms with Crippen LogP contribution in [0.3, 0.4) is 0 Å². The van der Waals surface area contributed by atoms with Crippen LogP contribution in [-0.2, 0) is 4.79 Å². The molecule has 19 heavy (non-hydrogen) atoms. The second-order valence-electron chi connectivity index (χ2n) is 4.39. The zero-order valence-electron chi connectivity index (χ0n) is 11.2. The number of rotatable bonds is 6. The van der Waals surface area contributed by atoms with E-state index in [0.29, 0.717) is 5.56 Å². The number of halogens is 1. The van der Waals surface area contributed by atoms with Gasteiger partial charge in [-0.05, 0) is 37.6 Å². The topological polar surface area (TPSA) is 58.2 Å². The van der Waals surface area contributed by atoms with Crippen molar-refractivity contribution in [3.8, 4) is 0 Å². The molecule has 1 aromatic rings. The van der Waals surface area contributed by atoms with E-state index in [-0.39, 0.29) is 36.6 Å². The molecule has 0 heterocycles. The fourth-order valence-corrected chi connectivity index (χ4v) is 1.44. The van der Waals surface area contributed by atoms with Gasteiger partial charge < -0.3 is 10.6 Å². The number of hydrogen-bond donors (Lipinski definition) is 2. The lowest BCUT2D eigenvalue weighted by Crippen LogP contribution is -2.35. The zero-order valence-corrected chi connectivity index (χ0v) is 11.2. The van der Waals surface area contributed by atoms with E-state index in [1.807, 2.05) is 13.8 Å². The summed E-state index contributed by atoms with van der Waals surface area (Å²) in [5.41, 5.74) is 0.378. The third kappa shape index (κ3) is 5.50. The molecule has 0 aromatic heterocycles. The number of carbonyl (C=O) groups is 2. The number of benzene rings is 1. The largest absolute Gasteiger partial charge is 0.354 e. The average molecular weight is 266 g/mol. The SMILES string of the molecule is CC[C@@H](C)NC(=O)CCNC(=O)c1ccc(F)cc1. The van der Waals surface area contributed by atoms with Crippen molar-refractivity contribution in [1.29, 1.82) is 0 Å². The summed E-state index contributed by atoms with van der Waals surface area (Å²) in [6, 6.07) is 5.41. The molecule has 5 heteroatoms. The van der Waals surface area contributed by atoms with E-state index in [0.717, 1.165) is 6.42 Å². The predicted molar refractivity (Wildman–Crippen MR) is 71.2 cm³/mol. The van der Waals surface area contributed by atoms with Gasteiger partial charge in [0.15, 0.2) is 0 Å². The molecule has 0 aliphatic heterocycles. The van der Waals surface area contributed by atoms with Crippen LogP contribution >= 0.6 is 0 Å². The molecular weight excluding hydrogens is 247 g/mol. The van der Waals surface area contributed by atoms with Crippen molar-refractivity contribution in [3.05, 3.63) is 35.6 Å². The Morgan fingerprint density at radius 1 is 1.26 bits per heavy atom. The first-order valence-electron chi connectivity index (χ1n) is 6.36. The molecule has 104 valence electrons. The summed E-state index contributed by atoms with van der Waals surface area (Å²) in [5, 5.41) is 5.43. The molecule has 0 saturated heterocycles. The van der Waals surface area contributed by atoms with Crippen molar-refractivity contribution in [2.75, 3.05) is 6.54 Å². The van der Waals surface area contributed by atoms with E-state index < -0.39 is 0 Å². The van der Waals surface area contributed by atoms with Crippen LogP contribution in [0.15, 0.2) is 24.3 Å². The molecule has 1 aromatic carbocycles. The van der Waals surface area contributed by atoms with Gasteiger partial charge >= 0.3 is 0 Å². The van der Waals surface area contributed by atoms with E-state index in [9.17, 15) is 14.0 Å². The summed E-state index contributed by atoms with van der Waals surface area (Å²) >= 11 is 0. The molecule has 0 saturated carbocycles. The fourth-order valence-electron chi connectivity index (χ4n) is 1.44. The lowest BCUT2D eigenvalue weighted by Gasteiger charge is -2.11. The molecule has 0 aliphatic carbocycles. The van der Waals surface area contributed by atoms with Crippen LogP contribution in [0.25, 0.3) is 0 Å². The minimum Gasteiger partial charge on any atom is -0.354 e. The molecule has 4 nitrogen and oxygen atoms in total. The van der Waals surface area contributed by atoms with Crippen molar-refractivity contribution in [3.63, 3.8) is 0 Å². The summed E-state index contributed by atoms with van der Waals surface area (Å²) in [6.07, 6.45) is 1.10. The van der Waals surface area contributed by atoms with E-state index in [4.69, 9.17) is 0 Å². The highest BCUT2D eigenvalue weighted by Gasteiger charge is 2.08. The Balaban J connectivity index is 2.31. The lowest BCUT2D eigenvalue weighted by atomic mass is 10.2. The van der Waals surface area contributed by atoms with Crippen molar-refractivity contribution in [2.24, 2.45) is 0 Å². The van der Waals surface area contributed by atoms with Crippen LogP contribution in [0.5, 0.6) is 0 Å². The number of amides is 2. The Morgan fingerprint density at radius 3 is 2.47 bits per heavy atom. The van der Waals surface area contributed by atoms with Gasteiger partial charge in [-0.2, -0.15) is 0 Å². The first kappa shape index (κ1) is 15.1. The number of carbonyl (C=O) groups excluding carboxylic acids is 2. The quantitative estimate of drug-likeness (QED) is 0.825. The summed E-state index contributed by atoms with van der Waals surface area (Å²) in [6.45, 7) is 4.18. The summed E-state index contributed by atoms with van der Waals surface area (Å²) in [5.74, 6) is -0.783. The number of hydrogen-bond acceptors (Lipinski definition) is 2. The maximum absolute atomic E-state index is 12.7. The van der Waals surface area contributed by atoms with E-state index in [1.54, 1.807) is 0 Å². The highest BCUT2D eigenvalue weighted by atomic mass is 19.1.